The third kappa shape index (κ3) is 6.28. The van der Waals surface area contributed by atoms with E-state index >= 15 is 0 Å². The summed E-state index contributed by atoms with van der Waals surface area (Å²) in [6.45, 7) is 3.90. The highest BCUT2D eigenvalue weighted by Gasteiger charge is 2.06. The van der Waals surface area contributed by atoms with Gasteiger partial charge < -0.3 is 10.5 Å². The number of hydrogen-bond donors (Lipinski definition) is 1. The molecule has 0 spiro atoms. The highest BCUT2D eigenvalue weighted by atomic mass is 16.5. The van der Waals surface area contributed by atoms with Crippen LogP contribution in [-0.4, -0.2) is 24.9 Å². The van der Waals surface area contributed by atoms with Crippen molar-refractivity contribution in [1.82, 2.24) is 0 Å². The number of carbonyl (C=O) groups is 2. The Morgan fingerprint density at radius 1 is 1.38 bits per heavy atom. The summed E-state index contributed by atoms with van der Waals surface area (Å²) in [6.07, 6.45) is 1.05. The summed E-state index contributed by atoms with van der Waals surface area (Å²) in [5, 5.41) is 0. The van der Waals surface area contributed by atoms with E-state index in [0.717, 1.165) is 0 Å². The fraction of sp³-hybridized carbons (Fsp3) is 0.778. The van der Waals surface area contributed by atoms with E-state index in [1.807, 2.05) is 13.8 Å². The van der Waals surface area contributed by atoms with Gasteiger partial charge in [0.25, 0.3) is 0 Å². The Kier molecular flexibility index (Phi) is 6.14. The van der Waals surface area contributed by atoms with Crippen molar-refractivity contribution >= 4 is 11.8 Å². The van der Waals surface area contributed by atoms with Crippen molar-refractivity contribution < 1.29 is 14.3 Å². The molecule has 0 saturated heterocycles. The zero-order chi connectivity index (χ0) is 10.3. The largest absolute Gasteiger partial charge is 0.465 e. The second-order valence-corrected chi connectivity index (χ2v) is 3.15. The van der Waals surface area contributed by atoms with Gasteiger partial charge in [0.05, 0.1) is 13.2 Å². The van der Waals surface area contributed by atoms with Gasteiger partial charge in [-0.15, -0.1) is 0 Å². The topological polar surface area (TPSA) is 69.4 Å². The van der Waals surface area contributed by atoms with Crippen LogP contribution in [0.3, 0.4) is 0 Å². The fourth-order valence-corrected chi connectivity index (χ4v) is 0.780. The van der Waals surface area contributed by atoms with E-state index in [4.69, 9.17) is 10.5 Å². The van der Waals surface area contributed by atoms with Crippen LogP contribution in [0.4, 0.5) is 0 Å². The molecule has 13 heavy (non-hydrogen) atoms. The van der Waals surface area contributed by atoms with Crippen LogP contribution < -0.4 is 5.73 Å². The Balaban J connectivity index is 3.36. The minimum Gasteiger partial charge on any atom is -0.465 e. The molecular weight excluding hydrogens is 170 g/mol. The van der Waals surface area contributed by atoms with Gasteiger partial charge in [0.15, 0.2) is 0 Å². The van der Waals surface area contributed by atoms with Gasteiger partial charge in [0.1, 0.15) is 5.78 Å². The second-order valence-electron chi connectivity index (χ2n) is 3.15. The van der Waals surface area contributed by atoms with Gasteiger partial charge in [-0.1, -0.05) is 13.8 Å². The standard InChI is InChI=1S/C9H17NO3/c1-7(2)8(11)4-3-5-13-9(12)6-10/h7H,3-6,10H2,1-2H3. The van der Waals surface area contributed by atoms with Gasteiger partial charge in [-0.05, 0) is 6.42 Å². The Morgan fingerprint density at radius 2 is 2.00 bits per heavy atom. The third-order valence-corrected chi connectivity index (χ3v) is 1.64. The van der Waals surface area contributed by atoms with E-state index in [1.165, 1.54) is 0 Å². The molecule has 0 aliphatic carbocycles. The molecule has 0 aromatic rings. The van der Waals surface area contributed by atoms with Crippen molar-refractivity contribution in [1.29, 1.82) is 0 Å². The van der Waals surface area contributed by atoms with Crippen LogP contribution in [0, 0.1) is 5.92 Å². The van der Waals surface area contributed by atoms with Crippen LogP contribution in [0.5, 0.6) is 0 Å². The maximum absolute atomic E-state index is 11.1. The molecule has 0 bridgehead atoms. The molecule has 0 radical (unpaired) electrons. The number of ketones is 1. The molecule has 0 fully saturated rings. The first-order chi connectivity index (χ1) is 6.07. The smallest absolute Gasteiger partial charge is 0.319 e. The van der Waals surface area contributed by atoms with Gasteiger partial charge >= 0.3 is 5.97 Å². The molecular formula is C9H17NO3. The molecule has 0 saturated carbocycles. The predicted octanol–water partition coefficient (Wildman–Crippen LogP) is 0.494. The van der Waals surface area contributed by atoms with Crippen molar-refractivity contribution in [3.8, 4) is 0 Å². The van der Waals surface area contributed by atoms with Crippen molar-refractivity contribution in [2.24, 2.45) is 11.7 Å². The lowest BCUT2D eigenvalue weighted by molar-refractivity contribution is -0.142. The number of hydrogen-bond acceptors (Lipinski definition) is 4. The highest BCUT2D eigenvalue weighted by Crippen LogP contribution is 2.01. The average molecular weight is 187 g/mol. The molecule has 2 N–H and O–H groups in total. The summed E-state index contributed by atoms with van der Waals surface area (Å²) < 4.78 is 4.71. The Labute approximate surface area is 78.4 Å². The molecule has 76 valence electrons. The lowest BCUT2D eigenvalue weighted by Gasteiger charge is -2.04. The van der Waals surface area contributed by atoms with E-state index in [-0.39, 0.29) is 24.9 Å². The van der Waals surface area contributed by atoms with Crippen LogP contribution in [0.25, 0.3) is 0 Å². The van der Waals surface area contributed by atoms with Crippen LogP contribution in [0.15, 0.2) is 0 Å². The fourth-order valence-electron chi connectivity index (χ4n) is 0.780. The maximum Gasteiger partial charge on any atom is 0.319 e. The van der Waals surface area contributed by atoms with E-state index in [1.54, 1.807) is 0 Å². The van der Waals surface area contributed by atoms with Gasteiger partial charge in [-0.25, -0.2) is 0 Å². The molecule has 0 aliphatic rings. The zero-order valence-electron chi connectivity index (χ0n) is 8.21. The lowest BCUT2D eigenvalue weighted by atomic mass is 10.1. The Morgan fingerprint density at radius 3 is 2.46 bits per heavy atom. The molecule has 0 aliphatic heterocycles. The SMILES string of the molecule is CC(C)C(=O)CCCOC(=O)CN. The summed E-state index contributed by atoms with van der Waals surface area (Å²) in [5.41, 5.74) is 5.02. The van der Waals surface area contributed by atoms with Crippen molar-refractivity contribution in [3.63, 3.8) is 0 Å². The number of carbonyl (C=O) groups excluding carboxylic acids is 2. The Hall–Kier alpha value is -0.900. The van der Waals surface area contributed by atoms with E-state index in [9.17, 15) is 9.59 Å². The monoisotopic (exact) mass is 187 g/mol. The molecule has 4 heteroatoms. The summed E-state index contributed by atoms with van der Waals surface area (Å²) in [6, 6.07) is 0. The molecule has 0 unspecified atom stereocenters. The minimum atomic E-state index is -0.419. The first kappa shape index (κ1) is 12.1. The average Bonchev–Trinajstić information content (AvgIpc) is 2.11. The second kappa shape index (κ2) is 6.60. The van der Waals surface area contributed by atoms with Crippen molar-refractivity contribution in [3.05, 3.63) is 0 Å². The number of ether oxygens (including phenoxy) is 1. The van der Waals surface area contributed by atoms with E-state index in [2.05, 4.69) is 0 Å². The molecule has 0 amide bonds. The van der Waals surface area contributed by atoms with Crippen molar-refractivity contribution in [2.75, 3.05) is 13.2 Å². The zero-order valence-corrected chi connectivity index (χ0v) is 8.21. The quantitative estimate of drug-likeness (QED) is 0.485. The van der Waals surface area contributed by atoms with E-state index in [0.29, 0.717) is 12.8 Å². The summed E-state index contributed by atoms with van der Waals surface area (Å²) in [4.78, 5) is 21.7. The summed E-state index contributed by atoms with van der Waals surface area (Å²) >= 11 is 0. The Bertz CT molecular complexity index is 178. The number of nitrogens with two attached hydrogens (primary N) is 1. The van der Waals surface area contributed by atoms with Crippen LogP contribution in [-0.2, 0) is 14.3 Å². The molecule has 0 rings (SSSR count). The first-order valence-corrected chi connectivity index (χ1v) is 4.46. The van der Waals surface area contributed by atoms with Crippen LogP contribution in [0.1, 0.15) is 26.7 Å². The molecule has 0 aromatic heterocycles. The lowest BCUT2D eigenvalue weighted by Crippen LogP contribution is -2.17. The number of rotatable bonds is 6. The summed E-state index contributed by atoms with van der Waals surface area (Å²) in [7, 11) is 0. The van der Waals surface area contributed by atoms with E-state index < -0.39 is 5.97 Å². The third-order valence-electron chi connectivity index (χ3n) is 1.64. The highest BCUT2D eigenvalue weighted by molar-refractivity contribution is 5.80. The minimum absolute atomic E-state index is 0.0604. The van der Waals surface area contributed by atoms with Gasteiger partial charge in [-0.2, -0.15) is 0 Å². The van der Waals surface area contributed by atoms with Crippen LogP contribution >= 0.6 is 0 Å². The summed E-state index contributed by atoms with van der Waals surface area (Å²) in [5.74, 6) is -0.161. The number of Topliss-reactive ketones (excluding diaryl/α,β-unsaturated/α-hetero) is 1. The molecule has 0 heterocycles. The van der Waals surface area contributed by atoms with Gasteiger partial charge in [-0.3, -0.25) is 9.59 Å². The molecule has 0 aromatic carbocycles. The molecule has 0 atom stereocenters. The first-order valence-electron chi connectivity index (χ1n) is 4.46. The predicted molar refractivity (Wildman–Crippen MR) is 49.1 cm³/mol. The van der Waals surface area contributed by atoms with Crippen molar-refractivity contribution in [2.45, 2.75) is 26.7 Å². The van der Waals surface area contributed by atoms with Crippen LogP contribution in [0.2, 0.25) is 0 Å². The maximum atomic E-state index is 11.1. The number of esters is 1. The van der Waals surface area contributed by atoms with Gasteiger partial charge in [0.2, 0.25) is 0 Å². The molecule has 4 nitrogen and oxygen atoms in total. The normalized spacial score (nSPS) is 10.2. The van der Waals surface area contributed by atoms with Gasteiger partial charge in [0, 0.05) is 12.3 Å².